The Morgan fingerprint density at radius 3 is 2.50 bits per heavy atom. The van der Waals surface area contributed by atoms with E-state index >= 15 is 0 Å². The van der Waals surface area contributed by atoms with E-state index in [-0.39, 0.29) is 6.04 Å². The SMILES string of the molecule is O=S(=O)(c1cnn(-c2ccccc2)c1)N1CCCC1C1CCCC1. The maximum atomic E-state index is 13.1. The van der Waals surface area contributed by atoms with Crippen LogP contribution in [-0.2, 0) is 10.0 Å². The van der Waals surface area contributed by atoms with Crippen LogP contribution < -0.4 is 0 Å². The van der Waals surface area contributed by atoms with Crippen molar-refractivity contribution >= 4 is 10.0 Å². The van der Waals surface area contributed by atoms with Gasteiger partial charge in [-0.1, -0.05) is 31.0 Å². The summed E-state index contributed by atoms with van der Waals surface area (Å²) in [5.74, 6) is 0.534. The van der Waals surface area contributed by atoms with Crippen molar-refractivity contribution in [3.8, 4) is 5.69 Å². The van der Waals surface area contributed by atoms with Gasteiger partial charge < -0.3 is 0 Å². The minimum absolute atomic E-state index is 0.178. The molecule has 1 saturated carbocycles. The second kappa shape index (κ2) is 6.33. The topological polar surface area (TPSA) is 55.2 Å². The molecule has 0 spiro atoms. The van der Waals surface area contributed by atoms with Crippen LogP contribution >= 0.6 is 0 Å². The molecule has 0 amide bonds. The van der Waals surface area contributed by atoms with Crippen LogP contribution in [0.15, 0.2) is 47.6 Å². The molecule has 1 aromatic heterocycles. The first kappa shape index (κ1) is 15.8. The molecule has 1 aromatic carbocycles. The van der Waals surface area contributed by atoms with Crippen LogP contribution in [0, 0.1) is 5.92 Å². The van der Waals surface area contributed by atoms with Crippen molar-refractivity contribution in [3.05, 3.63) is 42.7 Å². The zero-order valence-electron chi connectivity index (χ0n) is 13.7. The minimum Gasteiger partial charge on any atom is -0.240 e. The summed E-state index contributed by atoms with van der Waals surface area (Å²) in [5, 5.41) is 4.26. The number of hydrogen-bond donors (Lipinski definition) is 0. The average Bonchev–Trinajstić information content (AvgIpc) is 3.35. The highest BCUT2D eigenvalue weighted by molar-refractivity contribution is 7.89. The van der Waals surface area contributed by atoms with E-state index in [4.69, 9.17) is 0 Å². The Hall–Kier alpha value is -1.66. The molecule has 4 rings (SSSR count). The van der Waals surface area contributed by atoms with E-state index < -0.39 is 10.0 Å². The number of hydrogen-bond acceptors (Lipinski definition) is 3. The van der Waals surface area contributed by atoms with Crippen LogP contribution in [-0.4, -0.2) is 35.1 Å². The summed E-state index contributed by atoms with van der Waals surface area (Å²) in [4.78, 5) is 0.302. The Bertz CT molecular complexity index is 795. The zero-order valence-corrected chi connectivity index (χ0v) is 14.5. The molecule has 2 aliphatic rings. The van der Waals surface area contributed by atoms with Crippen LogP contribution in [0.5, 0.6) is 0 Å². The first-order valence-corrected chi connectivity index (χ1v) is 10.2. The van der Waals surface area contributed by atoms with Crippen molar-refractivity contribution < 1.29 is 8.42 Å². The summed E-state index contributed by atoms with van der Waals surface area (Å²) >= 11 is 0. The van der Waals surface area contributed by atoms with Crippen LogP contribution in [0.2, 0.25) is 0 Å². The normalized spacial score (nSPS) is 23.1. The summed E-state index contributed by atoms with van der Waals surface area (Å²) < 4.78 is 29.6. The number of benzene rings is 1. The first-order chi connectivity index (χ1) is 11.7. The van der Waals surface area contributed by atoms with Crippen LogP contribution in [0.4, 0.5) is 0 Å². The summed E-state index contributed by atoms with van der Waals surface area (Å²) in [6, 6.07) is 9.78. The molecular weight excluding hydrogens is 322 g/mol. The summed E-state index contributed by atoms with van der Waals surface area (Å²) in [6.07, 6.45) is 9.88. The van der Waals surface area contributed by atoms with Crippen LogP contribution in [0.1, 0.15) is 38.5 Å². The van der Waals surface area contributed by atoms with E-state index in [1.807, 2.05) is 30.3 Å². The number of nitrogens with zero attached hydrogens (tertiary/aromatic N) is 3. The lowest BCUT2D eigenvalue weighted by molar-refractivity contribution is 0.288. The Labute approximate surface area is 143 Å². The predicted molar refractivity (Wildman–Crippen MR) is 92.4 cm³/mol. The number of aromatic nitrogens is 2. The van der Waals surface area contributed by atoms with E-state index in [9.17, 15) is 8.42 Å². The molecule has 2 aromatic rings. The third kappa shape index (κ3) is 2.78. The lowest BCUT2D eigenvalue weighted by Crippen LogP contribution is -2.39. The van der Waals surface area contributed by atoms with Gasteiger partial charge in [-0.2, -0.15) is 9.40 Å². The lowest BCUT2D eigenvalue weighted by atomic mass is 9.97. The molecule has 1 unspecified atom stereocenters. The number of rotatable bonds is 4. The Kier molecular flexibility index (Phi) is 4.18. The lowest BCUT2D eigenvalue weighted by Gasteiger charge is -2.28. The average molecular weight is 345 g/mol. The molecule has 24 heavy (non-hydrogen) atoms. The first-order valence-electron chi connectivity index (χ1n) is 8.78. The minimum atomic E-state index is -3.46. The molecule has 1 atom stereocenters. The molecule has 0 N–H and O–H groups in total. The van der Waals surface area contributed by atoms with Crippen molar-refractivity contribution in [2.24, 2.45) is 5.92 Å². The van der Waals surface area contributed by atoms with Crippen LogP contribution in [0.25, 0.3) is 5.69 Å². The standard InChI is InChI=1S/C18H23N3O2S/c22-24(23,21-12-6-11-18(21)15-7-4-5-8-15)17-13-19-20(14-17)16-9-2-1-3-10-16/h1-3,9-10,13-15,18H,4-8,11-12H2. The molecular formula is C18H23N3O2S. The molecule has 1 aliphatic carbocycles. The van der Waals surface area contributed by atoms with E-state index in [2.05, 4.69) is 5.10 Å². The molecule has 2 fully saturated rings. The molecule has 6 heteroatoms. The van der Waals surface area contributed by atoms with Gasteiger partial charge in [-0.15, -0.1) is 0 Å². The van der Waals surface area contributed by atoms with Crippen molar-refractivity contribution in [2.45, 2.75) is 49.5 Å². The molecule has 128 valence electrons. The molecule has 1 saturated heterocycles. The van der Waals surface area contributed by atoms with Gasteiger partial charge in [-0.3, -0.25) is 0 Å². The largest absolute Gasteiger partial charge is 0.246 e. The monoisotopic (exact) mass is 345 g/mol. The second-order valence-electron chi connectivity index (χ2n) is 6.83. The Morgan fingerprint density at radius 2 is 1.75 bits per heavy atom. The molecule has 0 bridgehead atoms. The van der Waals surface area contributed by atoms with E-state index in [1.165, 1.54) is 31.9 Å². The van der Waals surface area contributed by atoms with E-state index in [1.54, 1.807) is 15.2 Å². The van der Waals surface area contributed by atoms with Gasteiger partial charge in [0.05, 0.1) is 18.1 Å². The summed E-state index contributed by atoms with van der Waals surface area (Å²) in [5.41, 5.74) is 0.868. The maximum Gasteiger partial charge on any atom is 0.246 e. The van der Waals surface area contributed by atoms with Gasteiger partial charge in [-0.05, 0) is 43.7 Å². The van der Waals surface area contributed by atoms with Crippen molar-refractivity contribution in [3.63, 3.8) is 0 Å². The Balaban J connectivity index is 1.62. The third-order valence-corrected chi connectivity index (χ3v) is 7.26. The van der Waals surface area contributed by atoms with Crippen LogP contribution in [0.3, 0.4) is 0 Å². The smallest absolute Gasteiger partial charge is 0.240 e. The fourth-order valence-electron chi connectivity index (χ4n) is 4.17. The van der Waals surface area contributed by atoms with Crippen molar-refractivity contribution in [1.29, 1.82) is 0 Å². The van der Waals surface area contributed by atoms with E-state index in [0.29, 0.717) is 17.4 Å². The molecule has 1 aliphatic heterocycles. The van der Waals surface area contributed by atoms with E-state index in [0.717, 1.165) is 18.5 Å². The van der Waals surface area contributed by atoms with Crippen molar-refractivity contribution in [1.82, 2.24) is 14.1 Å². The maximum absolute atomic E-state index is 13.1. The second-order valence-corrected chi connectivity index (χ2v) is 8.72. The van der Waals surface area contributed by atoms with Gasteiger partial charge in [0, 0.05) is 12.6 Å². The summed E-state index contributed by atoms with van der Waals surface area (Å²) in [7, 11) is -3.46. The molecule has 0 radical (unpaired) electrons. The highest BCUT2D eigenvalue weighted by atomic mass is 32.2. The predicted octanol–water partition coefficient (Wildman–Crippen LogP) is 3.22. The quantitative estimate of drug-likeness (QED) is 0.855. The van der Waals surface area contributed by atoms with Crippen molar-refractivity contribution in [2.75, 3.05) is 6.54 Å². The zero-order chi connectivity index (χ0) is 16.6. The summed E-state index contributed by atoms with van der Waals surface area (Å²) in [6.45, 7) is 0.639. The Morgan fingerprint density at radius 1 is 1.00 bits per heavy atom. The highest BCUT2D eigenvalue weighted by Crippen LogP contribution is 2.38. The van der Waals surface area contributed by atoms with Gasteiger partial charge in [0.15, 0.2) is 0 Å². The number of para-hydroxylation sites is 1. The fourth-order valence-corrected chi connectivity index (χ4v) is 5.86. The molecule has 5 nitrogen and oxygen atoms in total. The van der Waals surface area contributed by atoms with Gasteiger partial charge in [0.1, 0.15) is 4.90 Å². The number of sulfonamides is 1. The fraction of sp³-hybridized carbons (Fsp3) is 0.500. The van der Waals surface area contributed by atoms with Gasteiger partial charge >= 0.3 is 0 Å². The highest BCUT2D eigenvalue weighted by Gasteiger charge is 2.40. The van der Waals surface area contributed by atoms with Gasteiger partial charge in [0.25, 0.3) is 0 Å². The molecule has 2 heterocycles. The van der Waals surface area contributed by atoms with Gasteiger partial charge in [0.2, 0.25) is 10.0 Å². The third-order valence-electron chi connectivity index (χ3n) is 5.38. The van der Waals surface area contributed by atoms with Gasteiger partial charge in [-0.25, -0.2) is 13.1 Å².